The van der Waals surface area contributed by atoms with Crippen molar-refractivity contribution in [1.82, 2.24) is 9.97 Å². The first-order chi connectivity index (χ1) is 9.76. The zero-order valence-electron chi connectivity index (χ0n) is 11.4. The quantitative estimate of drug-likeness (QED) is 0.902. The molecule has 3 rings (SSSR count). The molecule has 104 valence electrons. The van der Waals surface area contributed by atoms with Crippen molar-refractivity contribution < 1.29 is 0 Å². The lowest BCUT2D eigenvalue weighted by atomic mass is 10.1. The number of anilines is 2. The van der Waals surface area contributed by atoms with Crippen LogP contribution in [0.25, 0.3) is 0 Å². The molecule has 20 heavy (non-hydrogen) atoms. The number of halogens is 1. The molecule has 1 aliphatic carbocycles. The first-order valence-corrected chi connectivity index (χ1v) is 7.65. The molecule has 0 unspecified atom stereocenters. The van der Waals surface area contributed by atoms with Gasteiger partial charge in [0.25, 0.3) is 0 Å². The van der Waals surface area contributed by atoms with Crippen molar-refractivity contribution in [2.24, 2.45) is 0 Å². The fourth-order valence-electron chi connectivity index (χ4n) is 2.57. The minimum atomic E-state index is 0.396. The highest BCUT2D eigenvalue weighted by Crippen LogP contribution is 2.27. The summed E-state index contributed by atoms with van der Waals surface area (Å²) in [7, 11) is 0. The van der Waals surface area contributed by atoms with Crippen LogP contribution in [0.15, 0.2) is 34.9 Å². The molecule has 0 saturated heterocycles. The fourth-order valence-corrected chi connectivity index (χ4v) is 2.87. The predicted molar refractivity (Wildman–Crippen MR) is 85.2 cm³/mol. The number of hydrogen-bond donors (Lipinski definition) is 2. The molecule has 0 bridgehead atoms. The smallest absolute Gasteiger partial charge is 0.224 e. The average molecular weight is 333 g/mol. The molecule has 5 heteroatoms. The van der Waals surface area contributed by atoms with Crippen LogP contribution in [-0.4, -0.2) is 22.6 Å². The molecule has 0 amide bonds. The van der Waals surface area contributed by atoms with Crippen molar-refractivity contribution in [3.8, 4) is 0 Å². The zero-order valence-corrected chi connectivity index (χ0v) is 12.9. The van der Waals surface area contributed by atoms with Crippen LogP contribution in [0, 0.1) is 0 Å². The van der Waals surface area contributed by atoms with E-state index in [0.29, 0.717) is 12.0 Å². The van der Waals surface area contributed by atoms with Gasteiger partial charge in [-0.25, -0.2) is 4.98 Å². The van der Waals surface area contributed by atoms with Gasteiger partial charge in [0.15, 0.2) is 0 Å². The molecule has 0 spiro atoms. The van der Waals surface area contributed by atoms with E-state index in [2.05, 4.69) is 60.8 Å². The molecule has 1 aromatic carbocycles. The van der Waals surface area contributed by atoms with E-state index in [1.54, 1.807) is 6.20 Å². The fraction of sp³-hybridized carbons (Fsp3) is 0.333. The van der Waals surface area contributed by atoms with Crippen LogP contribution in [0.3, 0.4) is 0 Å². The summed E-state index contributed by atoms with van der Waals surface area (Å²) >= 11 is 3.51. The molecule has 2 aromatic rings. The van der Waals surface area contributed by atoms with Crippen LogP contribution in [-0.2, 0) is 12.8 Å². The van der Waals surface area contributed by atoms with Gasteiger partial charge in [0.05, 0.1) is 4.47 Å². The Morgan fingerprint density at radius 3 is 2.60 bits per heavy atom. The van der Waals surface area contributed by atoms with E-state index < -0.39 is 0 Å². The zero-order chi connectivity index (χ0) is 13.9. The Hall–Kier alpha value is -1.62. The van der Waals surface area contributed by atoms with E-state index in [0.717, 1.165) is 29.7 Å². The molecule has 1 heterocycles. The second-order valence-corrected chi connectivity index (χ2v) is 5.79. The van der Waals surface area contributed by atoms with Crippen LogP contribution in [0.2, 0.25) is 0 Å². The van der Waals surface area contributed by atoms with Crippen molar-refractivity contribution in [2.75, 3.05) is 17.2 Å². The number of hydrogen-bond acceptors (Lipinski definition) is 4. The number of nitrogens with one attached hydrogen (secondary N) is 2. The SMILES string of the molecule is CCNc1ncc(Br)c(NC2Cc3ccccc3C2)n1. The Morgan fingerprint density at radius 1 is 1.25 bits per heavy atom. The van der Waals surface area contributed by atoms with Gasteiger partial charge >= 0.3 is 0 Å². The number of rotatable bonds is 4. The Labute approximate surface area is 127 Å². The minimum Gasteiger partial charge on any atom is -0.366 e. The third kappa shape index (κ3) is 2.77. The van der Waals surface area contributed by atoms with Crippen LogP contribution < -0.4 is 10.6 Å². The van der Waals surface area contributed by atoms with E-state index in [1.165, 1.54) is 11.1 Å². The van der Waals surface area contributed by atoms with Gasteiger partial charge in [-0.15, -0.1) is 0 Å². The summed E-state index contributed by atoms with van der Waals surface area (Å²) in [6.07, 6.45) is 3.88. The van der Waals surface area contributed by atoms with Crippen molar-refractivity contribution in [3.63, 3.8) is 0 Å². The van der Waals surface area contributed by atoms with Crippen molar-refractivity contribution >= 4 is 27.7 Å². The lowest BCUT2D eigenvalue weighted by Gasteiger charge is -2.14. The molecule has 0 aliphatic heterocycles. The third-order valence-corrected chi connectivity index (χ3v) is 4.05. The molecule has 0 radical (unpaired) electrons. The van der Waals surface area contributed by atoms with E-state index in [-0.39, 0.29) is 0 Å². The Balaban J connectivity index is 1.74. The Bertz CT molecular complexity index is 590. The van der Waals surface area contributed by atoms with Gasteiger partial charge in [-0.2, -0.15) is 4.98 Å². The number of aromatic nitrogens is 2. The van der Waals surface area contributed by atoms with E-state index in [1.807, 2.05) is 6.92 Å². The topological polar surface area (TPSA) is 49.8 Å². The molecule has 0 atom stereocenters. The maximum absolute atomic E-state index is 4.51. The van der Waals surface area contributed by atoms with Crippen molar-refractivity contribution in [2.45, 2.75) is 25.8 Å². The maximum Gasteiger partial charge on any atom is 0.224 e. The number of benzene rings is 1. The van der Waals surface area contributed by atoms with Crippen molar-refractivity contribution in [1.29, 1.82) is 0 Å². The predicted octanol–water partition coefficient (Wildman–Crippen LogP) is 3.25. The Morgan fingerprint density at radius 2 is 1.95 bits per heavy atom. The van der Waals surface area contributed by atoms with Crippen LogP contribution >= 0.6 is 15.9 Å². The first-order valence-electron chi connectivity index (χ1n) is 6.86. The Kier molecular flexibility index (Phi) is 3.87. The lowest BCUT2D eigenvalue weighted by Crippen LogP contribution is -2.21. The molecule has 4 nitrogen and oxygen atoms in total. The van der Waals surface area contributed by atoms with Gasteiger partial charge in [0.2, 0.25) is 5.95 Å². The van der Waals surface area contributed by atoms with Gasteiger partial charge < -0.3 is 10.6 Å². The van der Waals surface area contributed by atoms with Crippen molar-refractivity contribution in [3.05, 3.63) is 46.1 Å². The van der Waals surface area contributed by atoms with Gasteiger partial charge in [0, 0.05) is 18.8 Å². The second-order valence-electron chi connectivity index (χ2n) is 4.94. The molecule has 1 aliphatic rings. The summed E-state index contributed by atoms with van der Waals surface area (Å²) < 4.78 is 0.898. The minimum absolute atomic E-state index is 0.396. The van der Waals surface area contributed by atoms with Gasteiger partial charge in [-0.3, -0.25) is 0 Å². The molecular weight excluding hydrogens is 316 g/mol. The largest absolute Gasteiger partial charge is 0.366 e. The highest BCUT2D eigenvalue weighted by Gasteiger charge is 2.21. The summed E-state index contributed by atoms with van der Waals surface area (Å²) in [5.41, 5.74) is 2.86. The van der Waals surface area contributed by atoms with E-state index >= 15 is 0 Å². The number of fused-ring (bicyclic) bond motifs is 1. The molecule has 0 saturated carbocycles. The summed E-state index contributed by atoms with van der Waals surface area (Å²) in [5, 5.41) is 6.65. The van der Waals surface area contributed by atoms with Gasteiger partial charge in [0.1, 0.15) is 5.82 Å². The highest BCUT2D eigenvalue weighted by molar-refractivity contribution is 9.10. The third-order valence-electron chi connectivity index (χ3n) is 3.47. The summed E-state index contributed by atoms with van der Waals surface area (Å²) in [6.45, 7) is 2.85. The standard InChI is InChI=1S/C15H17BrN4/c1-2-17-15-18-9-13(16)14(20-15)19-12-7-10-5-3-4-6-11(10)8-12/h3-6,9,12H,2,7-8H2,1H3,(H2,17,18,19,20). The second kappa shape index (κ2) is 5.79. The van der Waals surface area contributed by atoms with Crippen LogP contribution in [0.5, 0.6) is 0 Å². The number of nitrogens with zero attached hydrogens (tertiary/aromatic N) is 2. The molecule has 0 fully saturated rings. The summed E-state index contributed by atoms with van der Waals surface area (Å²) in [6, 6.07) is 9.01. The maximum atomic E-state index is 4.51. The van der Waals surface area contributed by atoms with Gasteiger partial charge in [-0.1, -0.05) is 24.3 Å². The van der Waals surface area contributed by atoms with Crippen LogP contribution in [0.4, 0.5) is 11.8 Å². The normalized spacial score (nSPS) is 14.1. The summed E-state index contributed by atoms with van der Waals surface area (Å²) in [4.78, 5) is 8.74. The highest BCUT2D eigenvalue weighted by atomic mass is 79.9. The molecule has 1 aromatic heterocycles. The molecule has 2 N–H and O–H groups in total. The average Bonchev–Trinajstić information content (AvgIpc) is 2.85. The van der Waals surface area contributed by atoms with Gasteiger partial charge in [-0.05, 0) is 46.8 Å². The first kappa shape index (κ1) is 13.4. The van der Waals surface area contributed by atoms with Crippen LogP contribution in [0.1, 0.15) is 18.1 Å². The molecular formula is C15H17BrN4. The summed E-state index contributed by atoms with van der Waals surface area (Å²) in [5.74, 6) is 1.52. The van der Waals surface area contributed by atoms with E-state index in [4.69, 9.17) is 0 Å². The monoisotopic (exact) mass is 332 g/mol. The van der Waals surface area contributed by atoms with E-state index in [9.17, 15) is 0 Å². The lowest BCUT2D eigenvalue weighted by molar-refractivity contribution is 0.767.